The molecule has 1 heterocycles. The molecule has 1 N–H and O–H groups in total. The summed E-state index contributed by atoms with van der Waals surface area (Å²) in [6.07, 6.45) is 0.761. The molecule has 0 saturated heterocycles. The molecule has 3 heteroatoms. The second-order valence-electron chi connectivity index (χ2n) is 4.86. The van der Waals surface area contributed by atoms with Crippen LogP contribution in [0, 0.1) is 5.82 Å². The SMILES string of the molecule is CNC(Cc1ccc(F)cc1)c1cc2ccccc2o1. The van der Waals surface area contributed by atoms with Crippen molar-refractivity contribution in [2.75, 3.05) is 7.05 Å². The summed E-state index contributed by atoms with van der Waals surface area (Å²) in [6, 6.07) is 16.7. The van der Waals surface area contributed by atoms with E-state index in [9.17, 15) is 4.39 Å². The summed E-state index contributed by atoms with van der Waals surface area (Å²) in [5.74, 6) is 0.691. The fraction of sp³-hybridized carbons (Fsp3) is 0.176. The van der Waals surface area contributed by atoms with Gasteiger partial charge in [-0.2, -0.15) is 0 Å². The number of para-hydroxylation sites is 1. The van der Waals surface area contributed by atoms with Gasteiger partial charge in [0.2, 0.25) is 0 Å². The lowest BCUT2D eigenvalue weighted by Crippen LogP contribution is -2.18. The van der Waals surface area contributed by atoms with E-state index in [1.807, 2.05) is 43.4 Å². The Morgan fingerprint density at radius 1 is 1.10 bits per heavy atom. The molecule has 1 atom stereocenters. The van der Waals surface area contributed by atoms with Crippen molar-refractivity contribution in [3.8, 4) is 0 Å². The molecule has 0 aliphatic carbocycles. The van der Waals surface area contributed by atoms with Crippen molar-refractivity contribution in [3.05, 3.63) is 71.7 Å². The summed E-state index contributed by atoms with van der Waals surface area (Å²) in [6.45, 7) is 0. The highest BCUT2D eigenvalue weighted by molar-refractivity contribution is 5.77. The zero-order valence-corrected chi connectivity index (χ0v) is 11.3. The van der Waals surface area contributed by atoms with Gasteiger partial charge in [-0.15, -0.1) is 0 Å². The number of halogens is 1. The lowest BCUT2D eigenvalue weighted by molar-refractivity contribution is 0.450. The fourth-order valence-corrected chi connectivity index (χ4v) is 2.38. The third-order valence-electron chi connectivity index (χ3n) is 3.49. The number of rotatable bonds is 4. The van der Waals surface area contributed by atoms with E-state index in [2.05, 4.69) is 11.4 Å². The summed E-state index contributed by atoms with van der Waals surface area (Å²) in [5.41, 5.74) is 1.97. The summed E-state index contributed by atoms with van der Waals surface area (Å²) in [5, 5.41) is 4.35. The minimum atomic E-state index is -0.210. The Hall–Kier alpha value is -2.13. The number of hydrogen-bond acceptors (Lipinski definition) is 2. The smallest absolute Gasteiger partial charge is 0.134 e. The minimum Gasteiger partial charge on any atom is -0.459 e. The van der Waals surface area contributed by atoms with E-state index in [1.165, 1.54) is 12.1 Å². The summed E-state index contributed by atoms with van der Waals surface area (Å²) < 4.78 is 18.8. The van der Waals surface area contributed by atoms with Gasteiger partial charge in [-0.05, 0) is 43.3 Å². The van der Waals surface area contributed by atoms with Crippen LogP contribution in [0.4, 0.5) is 4.39 Å². The zero-order valence-electron chi connectivity index (χ0n) is 11.3. The van der Waals surface area contributed by atoms with Crippen molar-refractivity contribution in [3.63, 3.8) is 0 Å². The Kier molecular flexibility index (Phi) is 3.52. The van der Waals surface area contributed by atoms with Crippen molar-refractivity contribution < 1.29 is 8.81 Å². The van der Waals surface area contributed by atoms with Crippen molar-refractivity contribution in [2.24, 2.45) is 0 Å². The van der Waals surface area contributed by atoms with Gasteiger partial charge in [-0.3, -0.25) is 0 Å². The first-order valence-corrected chi connectivity index (χ1v) is 6.66. The molecule has 0 aliphatic rings. The first-order valence-electron chi connectivity index (χ1n) is 6.66. The van der Waals surface area contributed by atoms with Gasteiger partial charge in [0.25, 0.3) is 0 Å². The molecule has 3 rings (SSSR count). The third kappa shape index (κ3) is 2.58. The molecule has 3 aromatic rings. The number of fused-ring (bicyclic) bond motifs is 1. The van der Waals surface area contributed by atoms with Crippen molar-refractivity contribution >= 4 is 11.0 Å². The maximum atomic E-state index is 12.9. The van der Waals surface area contributed by atoms with Crippen molar-refractivity contribution in [1.82, 2.24) is 5.32 Å². The van der Waals surface area contributed by atoms with Crippen LogP contribution in [0.5, 0.6) is 0 Å². The molecule has 1 unspecified atom stereocenters. The van der Waals surface area contributed by atoms with Crippen molar-refractivity contribution in [1.29, 1.82) is 0 Å². The van der Waals surface area contributed by atoms with Crippen LogP contribution < -0.4 is 5.32 Å². The fourth-order valence-electron chi connectivity index (χ4n) is 2.38. The summed E-state index contributed by atoms with van der Waals surface area (Å²) in [4.78, 5) is 0. The molecule has 0 spiro atoms. The average molecular weight is 269 g/mol. The maximum Gasteiger partial charge on any atom is 0.134 e. The van der Waals surface area contributed by atoms with Crippen LogP contribution >= 0.6 is 0 Å². The molecule has 102 valence electrons. The molecule has 0 aliphatic heterocycles. The average Bonchev–Trinajstić information content (AvgIpc) is 2.90. The highest BCUT2D eigenvalue weighted by Crippen LogP contribution is 2.25. The van der Waals surface area contributed by atoms with E-state index in [-0.39, 0.29) is 11.9 Å². The van der Waals surface area contributed by atoms with Gasteiger partial charge in [0.05, 0.1) is 6.04 Å². The Balaban J connectivity index is 1.87. The van der Waals surface area contributed by atoms with Gasteiger partial charge in [0.1, 0.15) is 17.2 Å². The molecule has 2 nitrogen and oxygen atoms in total. The van der Waals surface area contributed by atoms with Crippen molar-refractivity contribution in [2.45, 2.75) is 12.5 Å². The molecule has 0 radical (unpaired) electrons. The van der Waals surface area contributed by atoms with Crippen LogP contribution in [0.2, 0.25) is 0 Å². The highest BCUT2D eigenvalue weighted by atomic mass is 19.1. The molecule has 0 saturated carbocycles. The monoisotopic (exact) mass is 269 g/mol. The van der Waals surface area contributed by atoms with Crippen LogP contribution in [0.25, 0.3) is 11.0 Å². The van der Waals surface area contributed by atoms with Gasteiger partial charge >= 0.3 is 0 Å². The Bertz CT molecular complexity index is 669. The van der Waals surface area contributed by atoms with E-state index in [0.717, 1.165) is 28.7 Å². The number of furan rings is 1. The van der Waals surface area contributed by atoms with Gasteiger partial charge in [0.15, 0.2) is 0 Å². The van der Waals surface area contributed by atoms with E-state index in [0.29, 0.717) is 0 Å². The first kappa shape index (κ1) is 12.9. The Morgan fingerprint density at radius 2 is 1.85 bits per heavy atom. The molecule has 0 fully saturated rings. The standard InChI is InChI=1S/C17H16FNO/c1-19-15(10-12-6-8-14(18)9-7-12)17-11-13-4-2-3-5-16(13)20-17/h2-9,11,15,19H,10H2,1H3. The van der Waals surface area contributed by atoms with Crippen LogP contribution in [-0.2, 0) is 6.42 Å². The number of likely N-dealkylation sites (N-methyl/N-ethyl adjacent to an activating group) is 1. The van der Waals surface area contributed by atoms with E-state index in [1.54, 1.807) is 0 Å². The highest BCUT2D eigenvalue weighted by Gasteiger charge is 2.15. The molecular formula is C17H16FNO. The second kappa shape index (κ2) is 5.47. The third-order valence-corrected chi connectivity index (χ3v) is 3.49. The van der Waals surface area contributed by atoms with E-state index >= 15 is 0 Å². The van der Waals surface area contributed by atoms with Crippen LogP contribution in [0.1, 0.15) is 17.4 Å². The van der Waals surface area contributed by atoms with Crippen LogP contribution in [0.3, 0.4) is 0 Å². The first-order chi connectivity index (χ1) is 9.76. The molecule has 0 amide bonds. The van der Waals surface area contributed by atoms with E-state index in [4.69, 9.17) is 4.42 Å². The number of benzene rings is 2. The maximum absolute atomic E-state index is 12.9. The lowest BCUT2D eigenvalue weighted by atomic mass is 10.0. The largest absolute Gasteiger partial charge is 0.459 e. The normalized spacial score (nSPS) is 12.7. The predicted octanol–water partition coefficient (Wildman–Crippen LogP) is 4.08. The van der Waals surface area contributed by atoms with E-state index < -0.39 is 0 Å². The second-order valence-corrected chi connectivity index (χ2v) is 4.86. The molecule has 2 aromatic carbocycles. The molecule has 20 heavy (non-hydrogen) atoms. The summed E-state index contributed by atoms with van der Waals surface area (Å²) >= 11 is 0. The quantitative estimate of drug-likeness (QED) is 0.772. The van der Waals surface area contributed by atoms with Gasteiger partial charge in [0, 0.05) is 5.39 Å². The predicted molar refractivity (Wildman–Crippen MR) is 78.1 cm³/mol. The van der Waals surface area contributed by atoms with Gasteiger partial charge in [-0.25, -0.2) is 4.39 Å². The van der Waals surface area contributed by atoms with Crippen LogP contribution in [-0.4, -0.2) is 7.05 Å². The molecule has 0 bridgehead atoms. The number of hydrogen-bond donors (Lipinski definition) is 1. The Labute approximate surface area is 117 Å². The van der Waals surface area contributed by atoms with Gasteiger partial charge < -0.3 is 9.73 Å². The lowest BCUT2D eigenvalue weighted by Gasteiger charge is -2.13. The number of nitrogens with one attached hydrogen (secondary N) is 1. The topological polar surface area (TPSA) is 25.2 Å². The van der Waals surface area contributed by atoms with Gasteiger partial charge in [-0.1, -0.05) is 30.3 Å². The minimum absolute atomic E-state index is 0.0767. The summed E-state index contributed by atoms with van der Waals surface area (Å²) in [7, 11) is 1.90. The Morgan fingerprint density at radius 3 is 2.55 bits per heavy atom. The molecular weight excluding hydrogens is 253 g/mol. The van der Waals surface area contributed by atoms with Crippen LogP contribution in [0.15, 0.2) is 59.0 Å². The zero-order chi connectivity index (χ0) is 13.9. The molecule has 1 aromatic heterocycles.